The summed E-state index contributed by atoms with van der Waals surface area (Å²) in [5.41, 5.74) is 6.44. The number of hydrogen-bond donors (Lipinski definition) is 2. The van der Waals surface area contributed by atoms with Gasteiger partial charge in [-0.15, -0.1) is 0 Å². The van der Waals surface area contributed by atoms with Gasteiger partial charge in [-0.25, -0.2) is 0 Å². The van der Waals surface area contributed by atoms with Gasteiger partial charge >= 0.3 is 0 Å². The van der Waals surface area contributed by atoms with Crippen molar-refractivity contribution >= 4 is 23.0 Å². The third-order valence-corrected chi connectivity index (χ3v) is 2.57. The minimum absolute atomic E-state index is 0.535. The Labute approximate surface area is 102 Å². The summed E-state index contributed by atoms with van der Waals surface area (Å²) in [7, 11) is 0. The van der Waals surface area contributed by atoms with Gasteiger partial charge in [-0.05, 0) is 39.0 Å². The van der Waals surface area contributed by atoms with Crippen LogP contribution in [0.2, 0.25) is 5.02 Å². The monoisotopic (exact) mass is 242 g/mol. The fourth-order valence-electron chi connectivity index (χ4n) is 1.61. The van der Waals surface area contributed by atoms with E-state index in [1.54, 1.807) is 19.9 Å². The Balaban J connectivity index is 2.95. The average molecular weight is 243 g/mol. The number of hydrogen-bond acceptors (Lipinski definition) is 3. The zero-order chi connectivity index (χ0) is 12.3. The lowest BCUT2D eigenvalue weighted by atomic mass is 10.1. The molecule has 0 fully saturated rings. The van der Waals surface area contributed by atoms with E-state index in [4.69, 9.17) is 17.3 Å². The molecule has 1 rings (SSSR count). The van der Waals surface area contributed by atoms with Crippen LogP contribution in [-0.4, -0.2) is 23.8 Å². The topological polar surface area (TPSA) is 49.5 Å². The molecular formula is C12H19ClN2O. The molecule has 0 heterocycles. The predicted molar refractivity (Wildman–Crippen MR) is 70.0 cm³/mol. The van der Waals surface area contributed by atoms with Gasteiger partial charge in [0.1, 0.15) is 0 Å². The van der Waals surface area contributed by atoms with E-state index in [1.165, 1.54) is 0 Å². The molecule has 0 aromatic heterocycles. The standard InChI is InChI=1S/C12H19ClN2O/c1-4-15(8-12(2,3)16)11-6-5-9(14)7-10(11)13/h5-7,16H,4,8,14H2,1-3H3. The van der Waals surface area contributed by atoms with E-state index in [0.29, 0.717) is 17.3 Å². The van der Waals surface area contributed by atoms with Crippen molar-refractivity contribution in [1.82, 2.24) is 0 Å². The molecule has 3 N–H and O–H groups in total. The lowest BCUT2D eigenvalue weighted by Gasteiger charge is -2.30. The van der Waals surface area contributed by atoms with Crippen molar-refractivity contribution in [2.75, 3.05) is 23.7 Å². The molecule has 0 aliphatic rings. The zero-order valence-corrected chi connectivity index (χ0v) is 10.8. The summed E-state index contributed by atoms with van der Waals surface area (Å²) in [6, 6.07) is 5.42. The minimum Gasteiger partial charge on any atom is -0.399 e. The van der Waals surface area contributed by atoms with Crippen LogP contribution in [0.4, 0.5) is 11.4 Å². The van der Waals surface area contributed by atoms with Gasteiger partial charge in [-0.1, -0.05) is 11.6 Å². The molecule has 3 nitrogen and oxygen atoms in total. The van der Waals surface area contributed by atoms with Gasteiger partial charge in [0.05, 0.1) is 16.3 Å². The van der Waals surface area contributed by atoms with E-state index in [2.05, 4.69) is 0 Å². The fraction of sp³-hybridized carbons (Fsp3) is 0.500. The summed E-state index contributed by atoms with van der Waals surface area (Å²) in [5.74, 6) is 0. The van der Waals surface area contributed by atoms with E-state index < -0.39 is 5.60 Å². The summed E-state index contributed by atoms with van der Waals surface area (Å²) < 4.78 is 0. The molecule has 0 spiro atoms. The minimum atomic E-state index is -0.749. The molecular weight excluding hydrogens is 224 g/mol. The molecule has 0 unspecified atom stereocenters. The molecule has 0 saturated carbocycles. The molecule has 16 heavy (non-hydrogen) atoms. The maximum Gasteiger partial charge on any atom is 0.0765 e. The van der Waals surface area contributed by atoms with Gasteiger partial charge in [0.15, 0.2) is 0 Å². The van der Waals surface area contributed by atoms with Gasteiger partial charge < -0.3 is 15.7 Å². The largest absolute Gasteiger partial charge is 0.399 e. The lowest BCUT2D eigenvalue weighted by Crippen LogP contribution is -2.38. The van der Waals surface area contributed by atoms with Gasteiger partial charge in [0.2, 0.25) is 0 Å². The molecule has 1 aromatic rings. The molecule has 0 aliphatic heterocycles. The molecule has 0 saturated heterocycles. The van der Waals surface area contributed by atoms with E-state index in [0.717, 1.165) is 12.2 Å². The van der Waals surface area contributed by atoms with Crippen LogP contribution in [0.1, 0.15) is 20.8 Å². The van der Waals surface area contributed by atoms with E-state index in [-0.39, 0.29) is 0 Å². The van der Waals surface area contributed by atoms with Crippen molar-refractivity contribution in [3.63, 3.8) is 0 Å². The normalized spacial score (nSPS) is 11.6. The number of halogens is 1. The molecule has 0 aliphatic carbocycles. The molecule has 0 atom stereocenters. The molecule has 4 heteroatoms. The predicted octanol–water partition coefficient (Wildman–Crippen LogP) is 2.52. The first-order valence-corrected chi connectivity index (χ1v) is 5.73. The second-order valence-corrected chi connectivity index (χ2v) is 4.94. The number of nitrogen functional groups attached to an aromatic ring is 1. The van der Waals surface area contributed by atoms with Crippen molar-refractivity contribution in [2.24, 2.45) is 0 Å². The number of nitrogens with two attached hydrogens (primary N) is 1. The second-order valence-electron chi connectivity index (χ2n) is 4.54. The van der Waals surface area contributed by atoms with Crippen LogP contribution in [0.3, 0.4) is 0 Å². The Hall–Kier alpha value is -0.930. The van der Waals surface area contributed by atoms with E-state index in [9.17, 15) is 5.11 Å². The number of benzene rings is 1. The van der Waals surface area contributed by atoms with Crippen molar-refractivity contribution in [3.8, 4) is 0 Å². The number of rotatable bonds is 4. The van der Waals surface area contributed by atoms with Crippen molar-refractivity contribution in [2.45, 2.75) is 26.4 Å². The summed E-state index contributed by atoms with van der Waals surface area (Å²) in [6.45, 7) is 6.90. The van der Waals surface area contributed by atoms with Crippen molar-refractivity contribution in [3.05, 3.63) is 23.2 Å². The number of anilines is 2. The third-order valence-electron chi connectivity index (χ3n) is 2.27. The molecule has 0 bridgehead atoms. The maximum absolute atomic E-state index is 9.82. The Kier molecular flexibility index (Phi) is 4.05. The van der Waals surface area contributed by atoms with Crippen LogP contribution in [-0.2, 0) is 0 Å². The fourth-order valence-corrected chi connectivity index (χ4v) is 1.92. The quantitative estimate of drug-likeness (QED) is 0.798. The Morgan fingerprint density at radius 3 is 2.50 bits per heavy atom. The summed E-state index contributed by atoms with van der Waals surface area (Å²) in [4.78, 5) is 2.03. The van der Waals surface area contributed by atoms with Crippen molar-refractivity contribution < 1.29 is 5.11 Å². The first-order valence-electron chi connectivity index (χ1n) is 5.36. The third kappa shape index (κ3) is 3.58. The van der Waals surface area contributed by atoms with Gasteiger partial charge in [0.25, 0.3) is 0 Å². The van der Waals surface area contributed by atoms with E-state index in [1.807, 2.05) is 24.0 Å². The van der Waals surface area contributed by atoms with E-state index >= 15 is 0 Å². The number of aliphatic hydroxyl groups is 1. The first kappa shape index (κ1) is 13.1. The highest BCUT2D eigenvalue weighted by Crippen LogP contribution is 2.28. The van der Waals surface area contributed by atoms with Crippen LogP contribution in [0.25, 0.3) is 0 Å². The highest BCUT2D eigenvalue weighted by molar-refractivity contribution is 6.33. The Morgan fingerprint density at radius 1 is 1.44 bits per heavy atom. The summed E-state index contributed by atoms with van der Waals surface area (Å²) in [6.07, 6.45) is 0. The van der Waals surface area contributed by atoms with Crippen LogP contribution in [0, 0.1) is 0 Å². The molecule has 90 valence electrons. The SMILES string of the molecule is CCN(CC(C)(C)O)c1ccc(N)cc1Cl. The first-order chi connectivity index (χ1) is 7.33. The highest BCUT2D eigenvalue weighted by atomic mass is 35.5. The van der Waals surface area contributed by atoms with Gasteiger partial charge in [0, 0.05) is 18.8 Å². The lowest BCUT2D eigenvalue weighted by molar-refractivity contribution is 0.0876. The van der Waals surface area contributed by atoms with Crippen LogP contribution in [0.5, 0.6) is 0 Å². The van der Waals surface area contributed by atoms with Crippen LogP contribution >= 0.6 is 11.6 Å². The smallest absolute Gasteiger partial charge is 0.0765 e. The Morgan fingerprint density at radius 2 is 2.06 bits per heavy atom. The van der Waals surface area contributed by atoms with Crippen LogP contribution < -0.4 is 10.6 Å². The zero-order valence-electron chi connectivity index (χ0n) is 10.00. The van der Waals surface area contributed by atoms with Gasteiger partial charge in [-0.3, -0.25) is 0 Å². The molecule has 1 aromatic carbocycles. The van der Waals surface area contributed by atoms with Crippen LogP contribution in [0.15, 0.2) is 18.2 Å². The number of likely N-dealkylation sites (N-methyl/N-ethyl adjacent to an activating group) is 1. The highest BCUT2D eigenvalue weighted by Gasteiger charge is 2.19. The second kappa shape index (κ2) is 4.93. The number of nitrogens with zero attached hydrogens (tertiary/aromatic N) is 1. The summed E-state index contributed by atoms with van der Waals surface area (Å²) in [5, 5.41) is 10.4. The maximum atomic E-state index is 9.82. The molecule has 0 amide bonds. The van der Waals surface area contributed by atoms with Gasteiger partial charge in [-0.2, -0.15) is 0 Å². The molecule has 0 radical (unpaired) electrons. The van der Waals surface area contributed by atoms with Crippen molar-refractivity contribution in [1.29, 1.82) is 0 Å². The Bertz CT molecular complexity index is 361. The average Bonchev–Trinajstić information content (AvgIpc) is 2.13. The summed E-state index contributed by atoms with van der Waals surface area (Å²) >= 11 is 6.13.